The minimum atomic E-state index is -0.190. The topological polar surface area (TPSA) is 89.2 Å². The van der Waals surface area contributed by atoms with E-state index in [1.807, 2.05) is 30.3 Å². The van der Waals surface area contributed by atoms with Gasteiger partial charge in [0, 0.05) is 13.0 Å². The summed E-state index contributed by atoms with van der Waals surface area (Å²) in [7, 11) is 0. The minimum absolute atomic E-state index is 0.0956. The van der Waals surface area contributed by atoms with Gasteiger partial charge in [-0.3, -0.25) is 14.3 Å². The Morgan fingerprint density at radius 1 is 1.19 bits per heavy atom. The highest BCUT2D eigenvalue weighted by atomic mass is 16.3. The van der Waals surface area contributed by atoms with Crippen LogP contribution in [0.25, 0.3) is 0 Å². The number of nitrogens with one attached hydrogen (secondary N) is 2. The monoisotopic (exact) mass is 350 g/mol. The molecule has 0 radical (unpaired) electrons. The average molecular weight is 350 g/mol. The average Bonchev–Trinajstić information content (AvgIpc) is 3.37. The van der Waals surface area contributed by atoms with Crippen LogP contribution in [-0.4, -0.2) is 27.6 Å². The molecule has 7 nitrogen and oxygen atoms in total. The maximum atomic E-state index is 12.5. The zero-order valence-corrected chi connectivity index (χ0v) is 14.0. The number of carbonyl (C=O) groups is 2. The number of fused-ring (bicyclic) bond motifs is 1. The van der Waals surface area contributed by atoms with Gasteiger partial charge >= 0.3 is 0 Å². The van der Waals surface area contributed by atoms with E-state index < -0.39 is 0 Å². The highest BCUT2D eigenvalue weighted by Gasteiger charge is 2.29. The van der Waals surface area contributed by atoms with Gasteiger partial charge in [0.15, 0.2) is 0 Å². The van der Waals surface area contributed by atoms with Crippen molar-refractivity contribution in [3.05, 3.63) is 77.5 Å². The van der Waals surface area contributed by atoms with Gasteiger partial charge in [-0.25, -0.2) is 0 Å². The molecule has 0 saturated carbocycles. The number of furan rings is 1. The van der Waals surface area contributed by atoms with Crippen LogP contribution >= 0.6 is 0 Å². The smallest absolute Gasteiger partial charge is 0.255 e. The van der Waals surface area contributed by atoms with Gasteiger partial charge in [0.2, 0.25) is 0 Å². The SMILES string of the molecule is O=C(N[C@H]1Cc2c(C(=O)NCc3ccccc3)cnn2C1)c1ccoc1. The molecule has 0 saturated heterocycles. The van der Waals surface area contributed by atoms with Gasteiger partial charge in [0.1, 0.15) is 6.26 Å². The van der Waals surface area contributed by atoms with E-state index in [1.165, 1.54) is 12.5 Å². The lowest BCUT2D eigenvalue weighted by atomic mass is 10.1. The zero-order valence-electron chi connectivity index (χ0n) is 14.0. The second kappa shape index (κ2) is 6.87. The Morgan fingerprint density at radius 2 is 2.04 bits per heavy atom. The number of nitrogens with zero attached hydrogens (tertiary/aromatic N) is 2. The molecule has 2 N–H and O–H groups in total. The first kappa shape index (κ1) is 16.1. The normalized spacial score (nSPS) is 15.5. The van der Waals surface area contributed by atoms with Gasteiger partial charge in [-0.1, -0.05) is 30.3 Å². The van der Waals surface area contributed by atoms with E-state index in [1.54, 1.807) is 16.9 Å². The summed E-state index contributed by atoms with van der Waals surface area (Å²) in [6, 6.07) is 11.3. The summed E-state index contributed by atoms with van der Waals surface area (Å²) < 4.78 is 6.71. The van der Waals surface area contributed by atoms with Gasteiger partial charge in [-0.2, -0.15) is 5.10 Å². The van der Waals surface area contributed by atoms with Crippen LogP contribution in [0.4, 0.5) is 0 Å². The van der Waals surface area contributed by atoms with Gasteiger partial charge in [0.05, 0.1) is 41.9 Å². The third-order valence-electron chi connectivity index (χ3n) is 4.44. The Morgan fingerprint density at radius 3 is 2.81 bits per heavy atom. The van der Waals surface area contributed by atoms with Crippen LogP contribution in [0.2, 0.25) is 0 Å². The fourth-order valence-electron chi connectivity index (χ4n) is 3.11. The van der Waals surface area contributed by atoms with E-state index in [9.17, 15) is 9.59 Å². The molecule has 1 aromatic carbocycles. The zero-order chi connectivity index (χ0) is 17.9. The van der Waals surface area contributed by atoms with E-state index in [0.29, 0.717) is 30.6 Å². The molecule has 3 aromatic rings. The Labute approximate surface area is 150 Å². The molecular formula is C19H18N4O3. The first-order valence-corrected chi connectivity index (χ1v) is 8.40. The molecule has 132 valence electrons. The molecule has 2 amide bonds. The third-order valence-corrected chi connectivity index (χ3v) is 4.44. The molecule has 1 atom stereocenters. The summed E-state index contributed by atoms with van der Waals surface area (Å²) in [4.78, 5) is 24.6. The fraction of sp³-hybridized carbons (Fsp3) is 0.211. The molecule has 0 bridgehead atoms. The highest BCUT2D eigenvalue weighted by Crippen LogP contribution is 2.19. The van der Waals surface area contributed by atoms with E-state index in [-0.39, 0.29) is 17.9 Å². The molecule has 1 aliphatic rings. The van der Waals surface area contributed by atoms with Crippen LogP contribution < -0.4 is 10.6 Å². The van der Waals surface area contributed by atoms with Crippen molar-refractivity contribution in [3.63, 3.8) is 0 Å². The quantitative estimate of drug-likeness (QED) is 0.734. The van der Waals surface area contributed by atoms with Crippen molar-refractivity contribution in [1.29, 1.82) is 0 Å². The third kappa shape index (κ3) is 3.23. The number of benzene rings is 1. The van der Waals surface area contributed by atoms with E-state index in [0.717, 1.165) is 11.3 Å². The van der Waals surface area contributed by atoms with Crippen molar-refractivity contribution >= 4 is 11.8 Å². The summed E-state index contributed by atoms with van der Waals surface area (Å²) in [5.74, 6) is -0.346. The molecule has 7 heteroatoms. The predicted octanol–water partition coefficient (Wildman–Crippen LogP) is 1.76. The maximum absolute atomic E-state index is 12.5. The molecule has 0 unspecified atom stereocenters. The van der Waals surface area contributed by atoms with Crippen LogP contribution in [0.3, 0.4) is 0 Å². The van der Waals surface area contributed by atoms with Gasteiger partial charge < -0.3 is 15.1 Å². The van der Waals surface area contributed by atoms with Gasteiger partial charge in [-0.15, -0.1) is 0 Å². The lowest BCUT2D eigenvalue weighted by Crippen LogP contribution is -2.36. The summed E-state index contributed by atoms with van der Waals surface area (Å²) in [5, 5.41) is 10.1. The van der Waals surface area contributed by atoms with Crippen LogP contribution in [0, 0.1) is 0 Å². The Balaban J connectivity index is 1.38. The van der Waals surface area contributed by atoms with Crippen molar-refractivity contribution in [2.75, 3.05) is 0 Å². The molecule has 0 spiro atoms. The highest BCUT2D eigenvalue weighted by molar-refractivity contribution is 5.95. The summed E-state index contributed by atoms with van der Waals surface area (Å²) >= 11 is 0. The molecular weight excluding hydrogens is 332 g/mol. The van der Waals surface area contributed by atoms with Gasteiger partial charge in [0.25, 0.3) is 11.8 Å². The van der Waals surface area contributed by atoms with Crippen molar-refractivity contribution in [3.8, 4) is 0 Å². The number of amides is 2. The first-order valence-electron chi connectivity index (χ1n) is 8.40. The van der Waals surface area contributed by atoms with Crippen molar-refractivity contribution in [1.82, 2.24) is 20.4 Å². The number of aromatic nitrogens is 2. The summed E-state index contributed by atoms with van der Waals surface area (Å²) in [6.07, 6.45) is 5.02. The summed E-state index contributed by atoms with van der Waals surface area (Å²) in [6.45, 7) is 1.01. The van der Waals surface area contributed by atoms with Crippen LogP contribution in [0.15, 0.2) is 59.5 Å². The molecule has 1 aliphatic heterocycles. The lowest BCUT2D eigenvalue weighted by Gasteiger charge is -2.10. The molecule has 0 aliphatic carbocycles. The number of hydrogen-bond donors (Lipinski definition) is 2. The summed E-state index contributed by atoms with van der Waals surface area (Å²) in [5.41, 5.74) is 2.92. The minimum Gasteiger partial charge on any atom is -0.472 e. The molecule has 2 aromatic heterocycles. The predicted molar refractivity (Wildman–Crippen MR) is 93.5 cm³/mol. The van der Waals surface area contributed by atoms with Crippen molar-refractivity contribution in [2.45, 2.75) is 25.6 Å². The fourth-order valence-corrected chi connectivity index (χ4v) is 3.11. The van der Waals surface area contributed by atoms with Crippen LogP contribution in [0.5, 0.6) is 0 Å². The molecule has 4 rings (SSSR count). The number of hydrogen-bond acceptors (Lipinski definition) is 4. The standard InChI is InChI=1S/C19H18N4O3/c24-18(14-6-7-26-12-14)22-15-8-17-16(10-21-23(17)11-15)19(25)20-9-13-4-2-1-3-5-13/h1-7,10,12,15H,8-9,11H2,(H,20,25)(H,22,24)/t15-/m0/s1. The second-order valence-electron chi connectivity index (χ2n) is 6.24. The van der Waals surface area contributed by atoms with Crippen LogP contribution in [0.1, 0.15) is 32.0 Å². The molecule has 26 heavy (non-hydrogen) atoms. The van der Waals surface area contributed by atoms with Crippen molar-refractivity contribution < 1.29 is 14.0 Å². The van der Waals surface area contributed by atoms with Gasteiger partial charge in [-0.05, 0) is 11.6 Å². The molecule has 3 heterocycles. The van der Waals surface area contributed by atoms with Crippen LogP contribution in [-0.2, 0) is 19.5 Å². The van der Waals surface area contributed by atoms with E-state index in [4.69, 9.17) is 4.42 Å². The largest absolute Gasteiger partial charge is 0.472 e. The molecule has 0 fully saturated rings. The Bertz CT molecular complexity index is 916. The van der Waals surface area contributed by atoms with E-state index in [2.05, 4.69) is 15.7 Å². The maximum Gasteiger partial charge on any atom is 0.255 e. The Hall–Kier alpha value is -3.35. The van der Waals surface area contributed by atoms with Crippen molar-refractivity contribution in [2.24, 2.45) is 0 Å². The second-order valence-corrected chi connectivity index (χ2v) is 6.24. The first-order chi connectivity index (χ1) is 12.7. The lowest BCUT2D eigenvalue weighted by molar-refractivity contribution is 0.0934. The van der Waals surface area contributed by atoms with E-state index >= 15 is 0 Å². The number of carbonyl (C=O) groups excluding carboxylic acids is 2. The Kier molecular flexibility index (Phi) is 4.27. The number of rotatable bonds is 5.